The molecule has 180 valence electrons. The van der Waals surface area contributed by atoms with Gasteiger partial charge in [-0.2, -0.15) is 0 Å². The number of benzene rings is 3. The molecule has 1 fully saturated rings. The molecule has 1 aliphatic rings. The van der Waals surface area contributed by atoms with Gasteiger partial charge < -0.3 is 9.88 Å². The predicted octanol–water partition coefficient (Wildman–Crippen LogP) is 6.16. The van der Waals surface area contributed by atoms with Gasteiger partial charge in [0.25, 0.3) is 11.1 Å². The van der Waals surface area contributed by atoms with Gasteiger partial charge in [-0.15, -0.1) is 0 Å². The van der Waals surface area contributed by atoms with Crippen LogP contribution in [0.1, 0.15) is 11.1 Å². The maximum Gasteiger partial charge on any atom is 0.294 e. The molecule has 6 nitrogen and oxygen atoms in total. The van der Waals surface area contributed by atoms with Crippen molar-refractivity contribution >= 4 is 63.1 Å². The van der Waals surface area contributed by atoms with Crippen molar-refractivity contribution < 1.29 is 18.8 Å². The first-order valence-electron chi connectivity index (χ1n) is 11.0. The van der Waals surface area contributed by atoms with Crippen LogP contribution in [-0.2, 0) is 16.1 Å². The lowest BCUT2D eigenvalue weighted by molar-refractivity contribution is -0.127. The Morgan fingerprint density at radius 3 is 2.53 bits per heavy atom. The van der Waals surface area contributed by atoms with Crippen LogP contribution in [0.4, 0.5) is 14.9 Å². The Balaban J connectivity index is 1.39. The number of aromatic nitrogens is 1. The van der Waals surface area contributed by atoms with Gasteiger partial charge in [0.1, 0.15) is 12.4 Å². The van der Waals surface area contributed by atoms with Gasteiger partial charge in [0, 0.05) is 28.2 Å². The second-order valence-electron chi connectivity index (χ2n) is 8.12. The van der Waals surface area contributed by atoms with Crippen LogP contribution in [0.25, 0.3) is 17.0 Å². The number of carbonyl (C=O) groups excluding carboxylic acids is 3. The molecule has 4 aromatic rings. The van der Waals surface area contributed by atoms with E-state index < -0.39 is 23.6 Å². The third kappa shape index (κ3) is 4.78. The second kappa shape index (κ2) is 10.0. The minimum absolute atomic E-state index is 0.208. The van der Waals surface area contributed by atoms with Crippen molar-refractivity contribution in [3.05, 3.63) is 106 Å². The molecule has 0 radical (unpaired) electrons. The van der Waals surface area contributed by atoms with E-state index in [0.29, 0.717) is 28.4 Å². The number of carbonyl (C=O) groups is 3. The number of anilines is 1. The smallest absolute Gasteiger partial charge is 0.294 e. The van der Waals surface area contributed by atoms with Crippen LogP contribution in [0.5, 0.6) is 0 Å². The highest BCUT2D eigenvalue weighted by Crippen LogP contribution is 2.34. The van der Waals surface area contributed by atoms with Crippen LogP contribution in [0, 0.1) is 5.82 Å². The van der Waals surface area contributed by atoms with E-state index in [0.717, 1.165) is 27.6 Å². The first-order chi connectivity index (χ1) is 17.4. The summed E-state index contributed by atoms with van der Waals surface area (Å²) >= 11 is 6.84. The van der Waals surface area contributed by atoms with E-state index in [4.69, 9.17) is 11.6 Å². The number of imide groups is 1. The Hall–Kier alpha value is -3.88. The summed E-state index contributed by atoms with van der Waals surface area (Å²) in [5.74, 6) is -1.38. The average molecular weight is 520 g/mol. The number of amides is 3. The summed E-state index contributed by atoms with van der Waals surface area (Å²) in [6.07, 6.45) is 3.46. The van der Waals surface area contributed by atoms with Crippen LogP contribution in [0.15, 0.2) is 83.9 Å². The molecule has 3 aromatic carbocycles. The van der Waals surface area contributed by atoms with Gasteiger partial charge in [0.2, 0.25) is 5.91 Å². The highest BCUT2D eigenvalue weighted by molar-refractivity contribution is 8.18. The third-order valence-corrected chi connectivity index (χ3v) is 6.96. The van der Waals surface area contributed by atoms with Crippen LogP contribution >= 0.6 is 23.4 Å². The number of fused-ring (bicyclic) bond motifs is 1. The van der Waals surface area contributed by atoms with E-state index in [-0.39, 0.29) is 10.7 Å². The number of nitrogens with one attached hydrogen (secondary N) is 1. The zero-order chi connectivity index (χ0) is 25.2. The lowest BCUT2D eigenvalue weighted by atomic mass is 10.1. The average Bonchev–Trinajstić information content (AvgIpc) is 3.34. The maximum absolute atomic E-state index is 14.3. The van der Waals surface area contributed by atoms with E-state index >= 15 is 0 Å². The Bertz CT molecular complexity index is 1550. The van der Waals surface area contributed by atoms with Crippen molar-refractivity contribution in [1.82, 2.24) is 9.47 Å². The summed E-state index contributed by atoms with van der Waals surface area (Å²) in [6, 6.07) is 20.8. The summed E-state index contributed by atoms with van der Waals surface area (Å²) in [4.78, 5) is 39.2. The van der Waals surface area contributed by atoms with Crippen LogP contribution in [0.2, 0.25) is 5.02 Å². The van der Waals surface area contributed by atoms with Gasteiger partial charge in [0.15, 0.2) is 0 Å². The number of halogens is 2. The predicted molar refractivity (Wildman–Crippen MR) is 140 cm³/mol. The van der Waals surface area contributed by atoms with Crippen LogP contribution in [-0.4, -0.2) is 33.1 Å². The maximum atomic E-state index is 14.3. The van der Waals surface area contributed by atoms with Gasteiger partial charge in [-0.1, -0.05) is 60.1 Å². The monoisotopic (exact) mass is 519 g/mol. The van der Waals surface area contributed by atoms with E-state index in [1.54, 1.807) is 48.5 Å². The summed E-state index contributed by atoms with van der Waals surface area (Å²) in [6.45, 7) is -0.118. The Kier molecular flexibility index (Phi) is 6.63. The number of thioether (sulfide) groups is 1. The number of para-hydroxylation sites is 2. The molecule has 36 heavy (non-hydrogen) atoms. The number of rotatable bonds is 6. The molecule has 0 atom stereocenters. The molecule has 1 aromatic heterocycles. The summed E-state index contributed by atoms with van der Waals surface area (Å²) in [5.41, 5.74) is 2.52. The SMILES string of the molecule is O=C(CN1C(=O)S/C(=C/c2cn(Cc3ccccc3F)c3ccccc23)C1=O)Nc1ccccc1Cl. The molecule has 0 saturated carbocycles. The van der Waals surface area contributed by atoms with Gasteiger partial charge in [0.05, 0.1) is 22.2 Å². The molecule has 1 aliphatic heterocycles. The van der Waals surface area contributed by atoms with Crippen LogP contribution < -0.4 is 5.32 Å². The Morgan fingerprint density at radius 2 is 1.72 bits per heavy atom. The first kappa shape index (κ1) is 23.8. The molecular weight excluding hydrogens is 501 g/mol. The minimum atomic E-state index is -0.551. The Labute approximate surface area is 215 Å². The van der Waals surface area contributed by atoms with Crippen LogP contribution in [0.3, 0.4) is 0 Å². The van der Waals surface area contributed by atoms with E-state index in [1.165, 1.54) is 6.07 Å². The highest BCUT2D eigenvalue weighted by atomic mass is 35.5. The fourth-order valence-corrected chi connectivity index (χ4v) is 5.02. The molecule has 3 amide bonds. The van der Waals surface area contributed by atoms with E-state index in [9.17, 15) is 18.8 Å². The molecule has 2 heterocycles. The first-order valence-corrected chi connectivity index (χ1v) is 12.2. The van der Waals surface area contributed by atoms with Crippen molar-refractivity contribution in [2.24, 2.45) is 0 Å². The van der Waals surface area contributed by atoms with Crippen molar-refractivity contribution in [3.8, 4) is 0 Å². The number of hydrogen-bond acceptors (Lipinski definition) is 4. The molecule has 5 rings (SSSR count). The normalized spacial score (nSPS) is 14.7. The van der Waals surface area contributed by atoms with E-state index in [1.807, 2.05) is 35.0 Å². The molecule has 0 aliphatic carbocycles. The second-order valence-corrected chi connectivity index (χ2v) is 9.52. The van der Waals surface area contributed by atoms with Gasteiger partial charge in [-0.3, -0.25) is 19.3 Å². The third-order valence-electron chi connectivity index (χ3n) is 5.73. The van der Waals surface area contributed by atoms with Crippen molar-refractivity contribution in [2.45, 2.75) is 6.54 Å². The van der Waals surface area contributed by atoms with E-state index in [2.05, 4.69) is 5.32 Å². The van der Waals surface area contributed by atoms with Gasteiger partial charge in [-0.05, 0) is 42.1 Å². The molecule has 1 N–H and O–H groups in total. The molecule has 0 unspecified atom stereocenters. The number of nitrogens with zero attached hydrogens (tertiary/aromatic N) is 2. The minimum Gasteiger partial charge on any atom is -0.342 e. The zero-order valence-corrected chi connectivity index (χ0v) is 20.4. The Morgan fingerprint density at radius 1 is 1.00 bits per heavy atom. The highest BCUT2D eigenvalue weighted by Gasteiger charge is 2.36. The lowest BCUT2D eigenvalue weighted by Crippen LogP contribution is -2.36. The summed E-state index contributed by atoms with van der Waals surface area (Å²) < 4.78 is 16.2. The quantitative estimate of drug-likeness (QED) is 0.310. The topological polar surface area (TPSA) is 71.4 Å². The standard InChI is InChI=1S/C27H19ClFN3O3S/c28-20-9-3-5-11-22(20)30-25(33)16-32-26(34)24(36-27(32)35)13-18-15-31(23-12-6-2-8-19(18)23)14-17-7-1-4-10-21(17)29/h1-13,15H,14,16H2,(H,30,33)/b24-13+. The molecule has 0 bridgehead atoms. The molecule has 9 heteroatoms. The summed E-state index contributed by atoms with van der Waals surface area (Å²) in [7, 11) is 0. The largest absolute Gasteiger partial charge is 0.342 e. The molecule has 0 spiro atoms. The van der Waals surface area contributed by atoms with Crippen molar-refractivity contribution in [3.63, 3.8) is 0 Å². The van der Waals surface area contributed by atoms with Gasteiger partial charge >= 0.3 is 0 Å². The molecular formula is C27H19ClFN3O3S. The fraction of sp³-hybridized carbons (Fsp3) is 0.0741. The van der Waals surface area contributed by atoms with Gasteiger partial charge in [-0.25, -0.2) is 4.39 Å². The van der Waals surface area contributed by atoms with Crippen molar-refractivity contribution in [1.29, 1.82) is 0 Å². The lowest BCUT2D eigenvalue weighted by Gasteiger charge is -2.13. The molecule has 1 saturated heterocycles. The number of hydrogen-bond donors (Lipinski definition) is 1. The van der Waals surface area contributed by atoms with Crippen molar-refractivity contribution in [2.75, 3.05) is 11.9 Å². The zero-order valence-electron chi connectivity index (χ0n) is 18.8. The fourth-order valence-electron chi connectivity index (χ4n) is 4.00. The summed E-state index contributed by atoms with van der Waals surface area (Å²) in [5, 5.41) is 3.30.